The van der Waals surface area contributed by atoms with E-state index in [1.54, 1.807) is 4.90 Å². The molecule has 0 spiro atoms. The van der Waals surface area contributed by atoms with Crippen molar-refractivity contribution in [2.75, 3.05) is 69.3 Å². The molecule has 254 valence electrons. The van der Waals surface area contributed by atoms with Crippen LogP contribution in [0.2, 0.25) is 0 Å². The largest absolute Gasteiger partial charge is 0.462 e. The van der Waals surface area contributed by atoms with Crippen LogP contribution in [-0.4, -0.2) is 107 Å². The number of carbonyl (C=O) groups excluding carboxylic acids is 1. The number of aromatic nitrogens is 4. The van der Waals surface area contributed by atoms with E-state index in [4.69, 9.17) is 29.3 Å². The van der Waals surface area contributed by atoms with E-state index in [0.717, 1.165) is 74.2 Å². The monoisotopic (exact) mass is 646 g/mol. The molecule has 0 N–H and O–H groups in total. The molecule has 0 saturated carbocycles. The zero-order chi connectivity index (χ0) is 32.7. The lowest BCUT2D eigenvalue weighted by Gasteiger charge is -2.38. The number of carbonyl (C=O) groups is 1. The van der Waals surface area contributed by atoms with Gasteiger partial charge in [0.1, 0.15) is 18.0 Å². The molecule has 0 aliphatic carbocycles. The summed E-state index contributed by atoms with van der Waals surface area (Å²) in [6, 6.07) is 5.20. The number of nitrogens with zero attached hydrogens (tertiary/aromatic N) is 8. The highest BCUT2D eigenvalue weighted by Gasteiger charge is 2.32. The predicted molar refractivity (Wildman–Crippen MR) is 181 cm³/mol. The summed E-state index contributed by atoms with van der Waals surface area (Å²) < 4.78 is 20.2. The summed E-state index contributed by atoms with van der Waals surface area (Å²) >= 11 is 0. The van der Waals surface area contributed by atoms with Crippen molar-refractivity contribution in [1.82, 2.24) is 29.5 Å². The SMILES string of the molecule is Cc1ccc2c(cnn2C2CCCCO2)c1N1CCc2c(nc(OCC3CCCN3C)nc2N2CCN(C(=O)OC(C)(C)C)CC2)C1. The molecule has 0 bridgehead atoms. The molecule has 47 heavy (non-hydrogen) atoms. The standard InChI is InChI=1S/C35H50N8O4/c1-24-11-12-29-27(21-36-43(29)30-10-6-7-20-45-30)31(24)42-15-13-26-28(22-42)37-33(46-23-25-9-8-14-39(25)5)38-32(26)40-16-18-41(19-17-40)34(44)47-35(2,3)4/h11-12,21,25,30H,6-10,13-20,22-23H2,1-5H3. The molecule has 1 aromatic carbocycles. The summed E-state index contributed by atoms with van der Waals surface area (Å²) in [7, 11) is 2.16. The van der Waals surface area contributed by atoms with E-state index < -0.39 is 5.60 Å². The van der Waals surface area contributed by atoms with Crippen LogP contribution in [0.25, 0.3) is 10.9 Å². The Hall–Kier alpha value is -3.64. The summed E-state index contributed by atoms with van der Waals surface area (Å²) in [5.74, 6) is 0.936. The van der Waals surface area contributed by atoms with Gasteiger partial charge in [-0.15, -0.1) is 0 Å². The van der Waals surface area contributed by atoms with E-state index in [-0.39, 0.29) is 12.3 Å². The van der Waals surface area contributed by atoms with Crippen LogP contribution in [0.1, 0.15) is 75.9 Å². The molecule has 2 unspecified atom stereocenters. The van der Waals surface area contributed by atoms with E-state index in [2.05, 4.69) is 45.5 Å². The second kappa shape index (κ2) is 13.1. The Bertz CT molecular complexity index is 1590. The number of hydrogen-bond donors (Lipinski definition) is 0. The number of likely N-dealkylation sites (N-methyl/N-ethyl adjacent to an activating group) is 1. The number of hydrogen-bond acceptors (Lipinski definition) is 10. The van der Waals surface area contributed by atoms with Crippen molar-refractivity contribution in [2.45, 2.75) is 90.6 Å². The summed E-state index contributed by atoms with van der Waals surface area (Å²) in [6.07, 6.45) is 8.12. The number of likely N-dealkylation sites (tertiary alicyclic amines) is 1. The Labute approximate surface area is 277 Å². The topological polar surface area (TPSA) is 101 Å². The van der Waals surface area contributed by atoms with Crippen LogP contribution in [0.3, 0.4) is 0 Å². The molecular weight excluding hydrogens is 596 g/mol. The second-order valence-electron chi connectivity index (χ2n) is 14.5. The van der Waals surface area contributed by atoms with Gasteiger partial charge >= 0.3 is 12.1 Å². The van der Waals surface area contributed by atoms with Gasteiger partial charge in [0.25, 0.3) is 0 Å². The molecule has 12 heteroatoms. The fourth-order valence-corrected chi connectivity index (χ4v) is 7.47. The smallest absolute Gasteiger partial charge is 0.410 e. The van der Waals surface area contributed by atoms with E-state index in [1.807, 2.05) is 27.0 Å². The van der Waals surface area contributed by atoms with Crippen LogP contribution < -0.4 is 14.5 Å². The van der Waals surface area contributed by atoms with Crippen LogP contribution in [0.5, 0.6) is 6.01 Å². The summed E-state index contributed by atoms with van der Waals surface area (Å²) in [5, 5.41) is 5.98. The Morgan fingerprint density at radius 1 is 1.00 bits per heavy atom. The third-order valence-corrected chi connectivity index (χ3v) is 10.0. The van der Waals surface area contributed by atoms with Crippen LogP contribution in [0.4, 0.5) is 16.3 Å². The number of benzene rings is 1. The van der Waals surface area contributed by atoms with Crippen molar-refractivity contribution < 1.29 is 19.0 Å². The van der Waals surface area contributed by atoms with Crippen molar-refractivity contribution in [3.63, 3.8) is 0 Å². The Morgan fingerprint density at radius 2 is 1.83 bits per heavy atom. The molecule has 4 aliphatic heterocycles. The van der Waals surface area contributed by atoms with Crippen LogP contribution in [-0.2, 0) is 22.4 Å². The molecule has 3 aromatic rings. The molecule has 7 rings (SSSR count). The lowest BCUT2D eigenvalue weighted by Crippen LogP contribution is -2.50. The number of fused-ring (bicyclic) bond motifs is 2. The number of piperazine rings is 1. The first-order valence-electron chi connectivity index (χ1n) is 17.4. The van der Waals surface area contributed by atoms with Gasteiger partial charge in [-0.1, -0.05) is 6.07 Å². The van der Waals surface area contributed by atoms with Gasteiger partial charge in [-0.05, 0) is 91.4 Å². The first-order valence-corrected chi connectivity index (χ1v) is 17.4. The second-order valence-corrected chi connectivity index (χ2v) is 14.5. The maximum Gasteiger partial charge on any atom is 0.410 e. The normalized spacial score (nSPS) is 22.5. The number of ether oxygens (including phenoxy) is 3. The van der Waals surface area contributed by atoms with Gasteiger partial charge in [0.2, 0.25) is 0 Å². The fraction of sp³-hybridized carbons (Fsp3) is 0.657. The Kier molecular flexibility index (Phi) is 8.90. The summed E-state index contributed by atoms with van der Waals surface area (Å²) in [5.41, 5.74) is 5.20. The van der Waals surface area contributed by atoms with Gasteiger partial charge < -0.3 is 33.8 Å². The summed E-state index contributed by atoms with van der Waals surface area (Å²) in [4.78, 5) is 31.8. The average molecular weight is 647 g/mol. The van der Waals surface area contributed by atoms with Crippen molar-refractivity contribution in [2.24, 2.45) is 0 Å². The van der Waals surface area contributed by atoms with Crippen molar-refractivity contribution in [3.05, 3.63) is 35.2 Å². The average Bonchev–Trinajstić information content (AvgIpc) is 3.68. The number of amides is 1. The third-order valence-electron chi connectivity index (χ3n) is 10.0. The van der Waals surface area contributed by atoms with Crippen molar-refractivity contribution in [3.8, 4) is 6.01 Å². The van der Waals surface area contributed by atoms with Gasteiger partial charge in [-0.2, -0.15) is 15.1 Å². The Morgan fingerprint density at radius 3 is 2.55 bits per heavy atom. The lowest BCUT2D eigenvalue weighted by atomic mass is 10.0. The zero-order valence-corrected chi connectivity index (χ0v) is 28.7. The van der Waals surface area contributed by atoms with Crippen LogP contribution in [0, 0.1) is 6.92 Å². The van der Waals surface area contributed by atoms with E-state index in [9.17, 15) is 4.79 Å². The maximum absolute atomic E-state index is 12.8. The first kappa shape index (κ1) is 31.9. The highest BCUT2D eigenvalue weighted by molar-refractivity contribution is 5.94. The quantitative estimate of drug-likeness (QED) is 0.367. The molecule has 1 amide bonds. The summed E-state index contributed by atoms with van der Waals surface area (Å²) in [6.45, 7) is 14.4. The minimum atomic E-state index is -0.517. The number of anilines is 2. The molecule has 6 heterocycles. The van der Waals surface area contributed by atoms with Gasteiger partial charge in [0, 0.05) is 56.3 Å². The molecule has 3 saturated heterocycles. The zero-order valence-electron chi connectivity index (χ0n) is 28.7. The van der Waals surface area contributed by atoms with Gasteiger partial charge in [0.15, 0.2) is 6.23 Å². The third kappa shape index (κ3) is 6.72. The molecule has 3 fully saturated rings. The molecular formula is C35H50N8O4. The predicted octanol–water partition coefficient (Wildman–Crippen LogP) is 4.93. The van der Waals surface area contributed by atoms with Crippen molar-refractivity contribution in [1.29, 1.82) is 0 Å². The first-order chi connectivity index (χ1) is 22.6. The maximum atomic E-state index is 12.8. The number of aryl methyl sites for hydroxylation is 1. The van der Waals surface area contributed by atoms with Gasteiger partial charge in [0.05, 0.1) is 29.6 Å². The molecule has 2 atom stereocenters. The fourth-order valence-electron chi connectivity index (χ4n) is 7.47. The highest BCUT2D eigenvalue weighted by Crippen LogP contribution is 2.38. The van der Waals surface area contributed by atoms with Gasteiger partial charge in [-0.3, -0.25) is 0 Å². The minimum absolute atomic E-state index is 0.0106. The molecule has 2 aromatic heterocycles. The molecule has 0 radical (unpaired) electrons. The van der Waals surface area contributed by atoms with E-state index in [0.29, 0.717) is 51.4 Å². The van der Waals surface area contributed by atoms with E-state index in [1.165, 1.54) is 23.2 Å². The number of rotatable bonds is 6. The van der Waals surface area contributed by atoms with Gasteiger partial charge in [-0.25, -0.2) is 9.48 Å². The minimum Gasteiger partial charge on any atom is -0.462 e. The Balaban J connectivity index is 1.16. The molecule has 12 nitrogen and oxygen atoms in total. The molecule has 4 aliphatic rings. The van der Waals surface area contributed by atoms with Crippen LogP contribution >= 0.6 is 0 Å². The highest BCUT2D eigenvalue weighted by atomic mass is 16.6. The lowest BCUT2D eigenvalue weighted by molar-refractivity contribution is -0.0366. The van der Waals surface area contributed by atoms with Crippen LogP contribution in [0.15, 0.2) is 18.3 Å². The van der Waals surface area contributed by atoms with E-state index >= 15 is 0 Å². The van der Waals surface area contributed by atoms with Crippen molar-refractivity contribution >= 4 is 28.5 Å².